The van der Waals surface area contributed by atoms with Gasteiger partial charge in [-0.05, 0) is 61.0 Å². The number of hydrogen-bond acceptors (Lipinski definition) is 3. The van der Waals surface area contributed by atoms with Crippen LogP contribution in [0, 0.1) is 13.8 Å². The van der Waals surface area contributed by atoms with Gasteiger partial charge < -0.3 is 5.11 Å². The maximum Gasteiger partial charge on any atom is 0.163 e. The number of benzene rings is 2. The van der Waals surface area contributed by atoms with Crippen molar-refractivity contribution in [1.29, 1.82) is 0 Å². The SMILES string of the molecule is Cc1cc(C(=O)CCc2sc3ccccc3c2C)ccc1O. The van der Waals surface area contributed by atoms with E-state index in [0.29, 0.717) is 12.0 Å². The Kier molecular flexibility index (Phi) is 3.99. The third kappa shape index (κ3) is 2.77. The van der Waals surface area contributed by atoms with Gasteiger partial charge in [0.2, 0.25) is 0 Å². The zero-order valence-corrected chi connectivity index (χ0v) is 13.5. The molecule has 3 heteroatoms. The highest BCUT2D eigenvalue weighted by atomic mass is 32.1. The van der Waals surface area contributed by atoms with Crippen LogP contribution < -0.4 is 0 Å². The standard InChI is InChI=1S/C19H18O2S/c1-12-11-14(7-8-16(12)20)17(21)9-10-18-13(2)15-5-3-4-6-19(15)22-18/h3-8,11,20H,9-10H2,1-2H3. The fourth-order valence-corrected chi connectivity index (χ4v) is 3.87. The number of phenolic OH excluding ortho intramolecular Hbond substituents is 1. The Labute approximate surface area is 134 Å². The first-order chi connectivity index (χ1) is 10.6. The maximum atomic E-state index is 12.3. The van der Waals surface area contributed by atoms with E-state index in [4.69, 9.17) is 0 Å². The van der Waals surface area contributed by atoms with Crippen LogP contribution in [0.25, 0.3) is 10.1 Å². The minimum atomic E-state index is 0.125. The molecule has 0 radical (unpaired) electrons. The summed E-state index contributed by atoms with van der Waals surface area (Å²) < 4.78 is 1.28. The number of fused-ring (bicyclic) bond motifs is 1. The van der Waals surface area contributed by atoms with Crippen molar-refractivity contribution in [1.82, 2.24) is 0 Å². The molecule has 0 unspecified atom stereocenters. The summed E-state index contributed by atoms with van der Waals surface area (Å²) in [7, 11) is 0. The summed E-state index contributed by atoms with van der Waals surface area (Å²) in [4.78, 5) is 13.6. The molecule has 2 nitrogen and oxygen atoms in total. The zero-order chi connectivity index (χ0) is 15.7. The predicted octanol–water partition coefficient (Wildman–Crippen LogP) is 5.04. The van der Waals surface area contributed by atoms with Gasteiger partial charge in [-0.15, -0.1) is 11.3 Å². The fourth-order valence-electron chi connectivity index (χ4n) is 2.66. The van der Waals surface area contributed by atoms with E-state index >= 15 is 0 Å². The molecule has 112 valence electrons. The first-order valence-electron chi connectivity index (χ1n) is 7.36. The second-order valence-corrected chi connectivity index (χ2v) is 6.71. The first kappa shape index (κ1) is 14.8. The van der Waals surface area contributed by atoms with Crippen molar-refractivity contribution in [2.45, 2.75) is 26.7 Å². The summed E-state index contributed by atoms with van der Waals surface area (Å²) >= 11 is 1.77. The van der Waals surface area contributed by atoms with E-state index in [-0.39, 0.29) is 11.5 Å². The van der Waals surface area contributed by atoms with Crippen molar-refractivity contribution in [2.75, 3.05) is 0 Å². The van der Waals surface area contributed by atoms with Crippen LogP contribution >= 0.6 is 11.3 Å². The Morgan fingerprint density at radius 3 is 2.64 bits per heavy atom. The number of phenols is 1. The van der Waals surface area contributed by atoms with Crippen molar-refractivity contribution in [3.63, 3.8) is 0 Å². The fraction of sp³-hybridized carbons (Fsp3) is 0.211. The summed E-state index contributed by atoms with van der Waals surface area (Å²) in [5.41, 5.74) is 2.70. The summed E-state index contributed by atoms with van der Waals surface area (Å²) in [5, 5.41) is 10.8. The molecule has 0 saturated carbocycles. The zero-order valence-electron chi connectivity index (χ0n) is 12.7. The minimum Gasteiger partial charge on any atom is -0.508 e. The maximum absolute atomic E-state index is 12.3. The molecule has 2 aromatic carbocycles. The van der Waals surface area contributed by atoms with Gasteiger partial charge >= 0.3 is 0 Å². The molecule has 0 aliphatic rings. The molecule has 1 aromatic heterocycles. The largest absolute Gasteiger partial charge is 0.508 e. The quantitative estimate of drug-likeness (QED) is 0.685. The van der Waals surface area contributed by atoms with Crippen molar-refractivity contribution >= 4 is 27.2 Å². The third-order valence-electron chi connectivity index (χ3n) is 4.04. The van der Waals surface area contributed by atoms with E-state index in [1.807, 2.05) is 13.0 Å². The van der Waals surface area contributed by atoms with Gasteiger partial charge in [0.05, 0.1) is 0 Å². The lowest BCUT2D eigenvalue weighted by Gasteiger charge is -2.04. The number of thiophene rings is 1. The number of hydrogen-bond donors (Lipinski definition) is 1. The molecule has 0 saturated heterocycles. The molecule has 22 heavy (non-hydrogen) atoms. The highest BCUT2D eigenvalue weighted by molar-refractivity contribution is 7.19. The van der Waals surface area contributed by atoms with Crippen LogP contribution in [-0.4, -0.2) is 10.9 Å². The minimum absolute atomic E-state index is 0.125. The topological polar surface area (TPSA) is 37.3 Å². The molecule has 0 aliphatic heterocycles. The number of Topliss-reactive ketones (excluding diaryl/α,β-unsaturated/α-hetero) is 1. The highest BCUT2D eigenvalue weighted by Gasteiger charge is 2.12. The predicted molar refractivity (Wildman–Crippen MR) is 92.1 cm³/mol. The van der Waals surface area contributed by atoms with Crippen LogP contribution in [0.1, 0.15) is 32.8 Å². The van der Waals surface area contributed by atoms with Crippen molar-refractivity contribution < 1.29 is 9.90 Å². The number of rotatable bonds is 4. The van der Waals surface area contributed by atoms with E-state index in [9.17, 15) is 9.90 Å². The smallest absolute Gasteiger partial charge is 0.163 e. The van der Waals surface area contributed by atoms with E-state index in [2.05, 4.69) is 25.1 Å². The van der Waals surface area contributed by atoms with Gasteiger partial charge in [0.15, 0.2) is 5.78 Å². The van der Waals surface area contributed by atoms with Gasteiger partial charge in [-0.3, -0.25) is 4.79 Å². The molecule has 3 rings (SSSR count). The second kappa shape index (κ2) is 5.93. The molecule has 0 bridgehead atoms. The van der Waals surface area contributed by atoms with Gasteiger partial charge in [0, 0.05) is 21.6 Å². The highest BCUT2D eigenvalue weighted by Crippen LogP contribution is 2.31. The Hall–Kier alpha value is -2.13. The normalized spacial score (nSPS) is 11.0. The molecular weight excluding hydrogens is 292 g/mol. The average Bonchev–Trinajstić information content (AvgIpc) is 2.84. The third-order valence-corrected chi connectivity index (χ3v) is 5.37. The molecule has 0 aliphatic carbocycles. The molecule has 0 amide bonds. The van der Waals surface area contributed by atoms with Gasteiger partial charge in [-0.1, -0.05) is 18.2 Å². The Balaban J connectivity index is 1.77. The van der Waals surface area contributed by atoms with Crippen LogP contribution in [0.15, 0.2) is 42.5 Å². The molecule has 1 N–H and O–H groups in total. The Morgan fingerprint density at radius 1 is 1.14 bits per heavy atom. The van der Waals surface area contributed by atoms with Crippen molar-refractivity contribution in [3.05, 3.63) is 64.0 Å². The number of aromatic hydroxyl groups is 1. The van der Waals surface area contributed by atoms with Crippen LogP contribution in [-0.2, 0) is 6.42 Å². The van der Waals surface area contributed by atoms with Crippen molar-refractivity contribution in [2.24, 2.45) is 0 Å². The van der Waals surface area contributed by atoms with Gasteiger partial charge in [0.1, 0.15) is 5.75 Å². The van der Waals surface area contributed by atoms with Crippen LogP contribution in [0.2, 0.25) is 0 Å². The summed E-state index contributed by atoms with van der Waals surface area (Å²) in [6.07, 6.45) is 1.27. The Bertz CT molecular complexity index is 846. The Morgan fingerprint density at radius 2 is 1.91 bits per heavy atom. The number of carbonyl (C=O) groups excluding carboxylic acids is 1. The van der Waals surface area contributed by atoms with Crippen LogP contribution in [0.4, 0.5) is 0 Å². The number of ketones is 1. The van der Waals surface area contributed by atoms with Crippen LogP contribution in [0.5, 0.6) is 5.75 Å². The second-order valence-electron chi connectivity index (χ2n) is 5.57. The molecule has 0 fully saturated rings. The van der Waals surface area contributed by atoms with E-state index in [1.54, 1.807) is 29.5 Å². The van der Waals surface area contributed by atoms with Crippen LogP contribution in [0.3, 0.4) is 0 Å². The lowest BCUT2D eigenvalue weighted by molar-refractivity contribution is 0.0983. The molecule has 0 atom stereocenters. The number of carbonyl (C=O) groups is 1. The van der Waals surface area contributed by atoms with E-state index < -0.39 is 0 Å². The molecule has 3 aromatic rings. The lowest BCUT2D eigenvalue weighted by atomic mass is 10.0. The van der Waals surface area contributed by atoms with Crippen molar-refractivity contribution in [3.8, 4) is 5.75 Å². The molecule has 0 spiro atoms. The summed E-state index contributed by atoms with van der Waals surface area (Å²) in [5.74, 6) is 0.358. The summed E-state index contributed by atoms with van der Waals surface area (Å²) in [6.45, 7) is 3.94. The number of aryl methyl sites for hydroxylation is 3. The average molecular weight is 310 g/mol. The van der Waals surface area contributed by atoms with E-state index in [1.165, 1.54) is 20.5 Å². The molecular formula is C19H18O2S. The van der Waals surface area contributed by atoms with Gasteiger partial charge in [-0.2, -0.15) is 0 Å². The monoisotopic (exact) mass is 310 g/mol. The van der Waals surface area contributed by atoms with Gasteiger partial charge in [0.25, 0.3) is 0 Å². The van der Waals surface area contributed by atoms with E-state index in [0.717, 1.165) is 12.0 Å². The lowest BCUT2D eigenvalue weighted by Crippen LogP contribution is -2.01. The first-order valence-corrected chi connectivity index (χ1v) is 8.17. The molecule has 1 heterocycles. The van der Waals surface area contributed by atoms with Gasteiger partial charge in [-0.25, -0.2) is 0 Å². The summed E-state index contributed by atoms with van der Waals surface area (Å²) in [6, 6.07) is 13.4.